The molecular weight excluding hydrogens is 337 g/mol. The molecule has 1 aliphatic carbocycles. The Morgan fingerprint density at radius 2 is 1.96 bits per heavy atom. The number of nitrogens with one attached hydrogen (secondary N) is 1. The van der Waals surface area contributed by atoms with Crippen molar-refractivity contribution in [3.63, 3.8) is 0 Å². The SMILES string of the molecule is Cc1nc(Nc2ccc(F)cc2)nc2c1C(=O)CC(c1cccs1)C2. The Bertz CT molecular complexity index is 923. The van der Waals surface area contributed by atoms with Crippen LogP contribution in [0.1, 0.15) is 39.0 Å². The first-order chi connectivity index (χ1) is 12.1. The summed E-state index contributed by atoms with van der Waals surface area (Å²) in [4.78, 5) is 22.8. The number of hydrogen-bond donors (Lipinski definition) is 1. The van der Waals surface area contributed by atoms with Crippen LogP contribution in [0, 0.1) is 12.7 Å². The van der Waals surface area contributed by atoms with E-state index in [2.05, 4.69) is 21.4 Å². The molecule has 0 spiro atoms. The largest absolute Gasteiger partial charge is 0.324 e. The van der Waals surface area contributed by atoms with E-state index in [9.17, 15) is 9.18 Å². The fraction of sp³-hybridized carbons (Fsp3) is 0.211. The van der Waals surface area contributed by atoms with Crippen molar-refractivity contribution in [3.05, 3.63) is 69.4 Å². The normalized spacial score (nSPS) is 16.6. The standard InChI is InChI=1S/C19H16FN3OS/c1-11-18-15(9-12(10-16(18)24)17-3-2-8-25-17)23-19(21-11)22-14-6-4-13(20)5-7-14/h2-8,12H,9-10H2,1H3,(H,21,22,23). The molecule has 1 atom stereocenters. The molecule has 126 valence electrons. The predicted octanol–water partition coefficient (Wildman–Crippen LogP) is 4.64. The average Bonchev–Trinajstić information content (AvgIpc) is 3.11. The van der Waals surface area contributed by atoms with Gasteiger partial charge in [0.05, 0.1) is 17.0 Å². The monoisotopic (exact) mass is 353 g/mol. The maximum atomic E-state index is 13.0. The van der Waals surface area contributed by atoms with Crippen LogP contribution in [0.15, 0.2) is 41.8 Å². The fourth-order valence-corrected chi connectivity index (χ4v) is 4.05. The number of nitrogens with zero attached hydrogens (tertiary/aromatic N) is 2. The Labute approximate surface area is 148 Å². The molecular formula is C19H16FN3OS. The van der Waals surface area contributed by atoms with Crippen LogP contribution in [-0.2, 0) is 6.42 Å². The lowest BCUT2D eigenvalue weighted by molar-refractivity contribution is 0.0962. The number of aromatic nitrogens is 2. The third-order valence-corrected chi connectivity index (χ3v) is 5.40. The zero-order chi connectivity index (χ0) is 17.4. The summed E-state index contributed by atoms with van der Waals surface area (Å²) in [7, 11) is 0. The van der Waals surface area contributed by atoms with E-state index in [4.69, 9.17) is 0 Å². The molecule has 0 saturated heterocycles. The maximum Gasteiger partial charge on any atom is 0.227 e. The maximum absolute atomic E-state index is 13.0. The van der Waals surface area contributed by atoms with Gasteiger partial charge in [-0.15, -0.1) is 11.3 Å². The third-order valence-electron chi connectivity index (χ3n) is 4.36. The second-order valence-electron chi connectivity index (χ2n) is 6.13. The van der Waals surface area contributed by atoms with Crippen LogP contribution in [-0.4, -0.2) is 15.8 Å². The summed E-state index contributed by atoms with van der Waals surface area (Å²) >= 11 is 1.67. The van der Waals surface area contributed by atoms with E-state index in [0.29, 0.717) is 29.3 Å². The number of hydrogen-bond acceptors (Lipinski definition) is 5. The van der Waals surface area contributed by atoms with E-state index < -0.39 is 0 Å². The second-order valence-corrected chi connectivity index (χ2v) is 7.11. The van der Waals surface area contributed by atoms with E-state index in [-0.39, 0.29) is 17.5 Å². The Morgan fingerprint density at radius 1 is 1.16 bits per heavy atom. The van der Waals surface area contributed by atoms with Crippen LogP contribution in [0.25, 0.3) is 0 Å². The van der Waals surface area contributed by atoms with Crippen molar-refractivity contribution in [2.45, 2.75) is 25.7 Å². The summed E-state index contributed by atoms with van der Waals surface area (Å²) < 4.78 is 13.0. The Balaban J connectivity index is 1.66. The Hall–Kier alpha value is -2.60. The highest BCUT2D eigenvalue weighted by atomic mass is 32.1. The van der Waals surface area contributed by atoms with Crippen LogP contribution in [0.3, 0.4) is 0 Å². The summed E-state index contributed by atoms with van der Waals surface area (Å²) in [5.41, 5.74) is 2.83. The Morgan fingerprint density at radius 3 is 2.68 bits per heavy atom. The molecule has 0 saturated carbocycles. The zero-order valence-electron chi connectivity index (χ0n) is 13.6. The predicted molar refractivity (Wildman–Crippen MR) is 96.2 cm³/mol. The topological polar surface area (TPSA) is 54.9 Å². The molecule has 1 N–H and O–H groups in total. The van der Waals surface area contributed by atoms with E-state index in [1.807, 2.05) is 18.4 Å². The minimum absolute atomic E-state index is 0.102. The molecule has 1 aromatic carbocycles. The summed E-state index contributed by atoms with van der Waals surface area (Å²) in [5, 5.41) is 5.12. The molecule has 25 heavy (non-hydrogen) atoms. The lowest BCUT2D eigenvalue weighted by Crippen LogP contribution is -2.22. The summed E-state index contributed by atoms with van der Waals surface area (Å²) in [6.07, 6.45) is 1.23. The molecule has 2 heterocycles. The molecule has 1 unspecified atom stereocenters. The Kier molecular flexibility index (Phi) is 4.05. The quantitative estimate of drug-likeness (QED) is 0.745. The number of halogens is 1. The van der Waals surface area contributed by atoms with Crippen molar-refractivity contribution in [3.8, 4) is 0 Å². The molecule has 3 aromatic rings. The molecule has 0 fully saturated rings. The van der Waals surface area contributed by atoms with Gasteiger partial charge in [0.25, 0.3) is 0 Å². The number of benzene rings is 1. The van der Waals surface area contributed by atoms with Gasteiger partial charge in [0.1, 0.15) is 5.82 Å². The van der Waals surface area contributed by atoms with Gasteiger partial charge in [0.15, 0.2) is 5.78 Å². The van der Waals surface area contributed by atoms with Crippen molar-refractivity contribution in [1.29, 1.82) is 0 Å². The first-order valence-electron chi connectivity index (χ1n) is 8.07. The minimum Gasteiger partial charge on any atom is -0.324 e. The smallest absolute Gasteiger partial charge is 0.227 e. The number of fused-ring (bicyclic) bond motifs is 1. The van der Waals surface area contributed by atoms with Crippen LogP contribution in [0.5, 0.6) is 0 Å². The summed E-state index contributed by atoms with van der Waals surface area (Å²) in [6, 6.07) is 10.1. The van der Waals surface area contributed by atoms with Crippen LogP contribution in [0.4, 0.5) is 16.0 Å². The van der Waals surface area contributed by atoms with Gasteiger partial charge in [-0.1, -0.05) is 6.07 Å². The molecule has 1 aliphatic rings. The van der Waals surface area contributed by atoms with Gasteiger partial charge >= 0.3 is 0 Å². The first kappa shape index (κ1) is 15.9. The molecule has 6 heteroatoms. The van der Waals surface area contributed by atoms with Gasteiger partial charge in [0.2, 0.25) is 5.95 Å². The molecule has 4 nitrogen and oxygen atoms in total. The fourth-order valence-electron chi connectivity index (χ4n) is 3.22. The van der Waals surface area contributed by atoms with Crippen molar-refractivity contribution in [2.75, 3.05) is 5.32 Å². The van der Waals surface area contributed by atoms with Crippen molar-refractivity contribution in [1.82, 2.24) is 9.97 Å². The first-order valence-corrected chi connectivity index (χ1v) is 8.95. The van der Waals surface area contributed by atoms with Gasteiger partial charge < -0.3 is 5.32 Å². The molecule has 0 bridgehead atoms. The minimum atomic E-state index is -0.294. The van der Waals surface area contributed by atoms with Gasteiger partial charge in [-0.05, 0) is 49.1 Å². The second kappa shape index (κ2) is 6.37. The number of carbonyl (C=O) groups excluding carboxylic acids is 1. The van der Waals surface area contributed by atoms with E-state index >= 15 is 0 Å². The van der Waals surface area contributed by atoms with E-state index in [1.165, 1.54) is 17.0 Å². The number of aryl methyl sites for hydroxylation is 1. The number of anilines is 2. The number of thiophene rings is 1. The van der Waals surface area contributed by atoms with Gasteiger partial charge in [0, 0.05) is 22.9 Å². The molecule has 4 rings (SSSR count). The van der Waals surface area contributed by atoms with Gasteiger partial charge in [-0.25, -0.2) is 14.4 Å². The highest BCUT2D eigenvalue weighted by Gasteiger charge is 2.30. The van der Waals surface area contributed by atoms with Crippen molar-refractivity contribution in [2.24, 2.45) is 0 Å². The van der Waals surface area contributed by atoms with Gasteiger partial charge in [-0.2, -0.15) is 0 Å². The summed E-state index contributed by atoms with van der Waals surface area (Å²) in [5.74, 6) is 0.415. The number of Topliss-reactive ketones (excluding diaryl/α,β-unsaturated/α-hetero) is 1. The highest BCUT2D eigenvalue weighted by molar-refractivity contribution is 7.10. The molecule has 2 aromatic heterocycles. The molecule has 0 amide bonds. The van der Waals surface area contributed by atoms with E-state index in [0.717, 1.165) is 12.1 Å². The molecule has 0 radical (unpaired) electrons. The third kappa shape index (κ3) is 3.17. The number of carbonyl (C=O) groups is 1. The van der Waals surface area contributed by atoms with Crippen molar-refractivity contribution >= 4 is 28.8 Å². The number of ketones is 1. The average molecular weight is 353 g/mol. The highest BCUT2D eigenvalue weighted by Crippen LogP contribution is 2.35. The van der Waals surface area contributed by atoms with Crippen LogP contribution >= 0.6 is 11.3 Å². The number of rotatable bonds is 3. The van der Waals surface area contributed by atoms with Gasteiger partial charge in [-0.3, -0.25) is 4.79 Å². The van der Waals surface area contributed by atoms with Crippen LogP contribution in [0.2, 0.25) is 0 Å². The van der Waals surface area contributed by atoms with Crippen molar-refractivity contribution < 1.29 is 9.18 Å². The van der Waals surface area contributed by atoms with E-state index in [1.54, 1.807) is 23.5 Å². The molecule has 0 aliphatic heterocycles. The lowest BCUT2D eigenvalue weighted by atomic mass is 9.84. The lowest BCUT2D eigenvalue weighted by Gasteiger charge is -2.23. The van der Waals surface area contributed by atoms with Crippen LogP contribution < -0.4 is 5.32 Å². The zero-order valence-corrected chi connectivity index (χ0v) is 14.4. The summed E-state index contributed by atoms with van der Waals surface area (Å²) in [6.45, 7) is 1.83.